The maximum atomic E-state index is 2.44. The Morgan fingerprint density at radius 2 is 0.900 bits per heavy atom. The molecule has 0 saturated heterocycles. The highest BCUT2D eigenvalue weighted by Gasteiger charge is 2.33. The lowest BCUT2D eigenvalue weighted by Gasteiger charge is -2.39. The van der Waals surface area contributed by atoms with Crippen LogP contribution in [0.5, 0.6) is 0 Å². The molecule has 2 aliphatic rings. The van der Waals surface area contributed by atoms with Crippen molar-refractivity contribution in [2.75, 3.05) is 9.80 Å². The van der Waals surface area contributed by atoms with Gasteiger partial charge < -0.3 is 9.80 Å². The zero-order valence-corrected chi connectivity index (χ0v) is 27.7. The van der Waals surface area contributed by atoms with E-state index < -0.39 is 0 Å². The zero-order valence-electron chi connectivity index (χ0n) is 27.7. The first-order valence-corrected chi connectivity index (χ1v) is 17.4. The van der Waals surface area contributed by atoms with Crippen molar-refractivity contribution in [1.82, 2.24) is 0 Å². The van der Waals surface area contributed by atoms with Crippen molar-refractivity contribution < 1.29 is 0 Å². The molecule has 0 spiro atoms. The SMILES string of the molecule is C1=CC2C(N(c3ccccc3)c3ccc(-c4ccc(N(c5ccccc5)c5cccc6ccccc56)cc4)cc3)=Cc3ccccc3C2C=C1. The summed E-state index contributed by atoms with van der Waals surface area (Å²) in [6, 6.07) is 63.3. The molecule has 0 heterocycles. The van der Waals surface area contributed by atoms with Crippen molar-refractivity contribution in [2.45, 2.75) is 5.92 Å². The van der Waals surface area contributed by atoms with Gasteiger partial charge in [-0.25, -0.2) is 0 Å². The van der Waals surface area contributed by atoms with Gasteiger partial charge in [0.25, 0.3) is 0 Å². The molecule has 50 heavy (non-hydrogen) atoms. The number of benzene rings is 7. The van der Waals surface area contributed by atoms with Gasteiger partial charge in [0.15, 0.2) is 0 Å². The highest BCUT2D eigenvalue weighted by Crippen LogP contribution is 2.47. The third kappa shape index (κ3) is 5.41. The van der Waals surface area contributed by atoms with Crippen LogP contribution in [0.4, 0.5) is 28.4 Å². The predicted molar refractivity (Wildman–Crippen MR) is 212 cm³/mol. The topological polar surface area (TPSA) is 6.48 Å². The molecule has 7 aromatic carbocycles. The molecule has 2 aliphatic carbocycles. The van der Waals surface area contributed by atoms with Crippen molar-refractivity contribution >= 4 is 45.3 Å². The van der Waals surface area contributed by atoms with Crippen LogP contribution in [0, 0.1) is 5.92 Å². The summed E-state index contributed by atoms with van der Waals surface area (Å²) < 4.78 is 0. The van der Waals surface area contributed by atoms with Crippen LogP contribution in [0.1, 0.15) is 17.0 Å². The molecule has 0 bridgehead atoms. The molecule has 238 valence electrons. The number of anilines is 5. The average molecular weight is 641 g/mol. The monoisotopic (exact) mass is 640 g/mol. The summed E-state index contributed by atoms with van der Waals surface area (Å²) >= 11 is 0. The summed E-state index contributed by atoms with van der Waals surface area (Å²) in [5.74, 6) is 0.557. The second-order valence-corrected chi connectivity index (χ2v) is 13.0. The molecular formula is C48H36N2. The first kappa shape index (κ1) is 29.7. The highest BCUT2D eigenvalue weighted by atomic mass is 15.2. The van der Waals surface area contributed by atoms with Crippen LogP contribution in [0.2, 0.25) is 0 Å². The van der Waals surface area contributed by atoms with Crippen LogP contribution < -0.4 is 9.80 Å². The van der Waals surface area contributed by atoms with E-state index in [1.807, 2.05) is 0 Å². The Bertz CT molecular complexity index is 2360. The Morgan fingerprint density at radius 3 is 1.60 bits per heavy atom. The van der Waals surface area contributed by atoms with Gasteiger partial charge >= 0.3 is 0 Å². The maximum absolute atomic E-state index is 2.44. The van der Waals surface area contributed by atoms with E-state index in [4.69, 9.17) is 0 Å². The maximum Gasteiger partial charge on any atom is 0.0540 e. The van der Waals surface area contributed by atoms with Crippen LogP contribution in [-0.4, -0.2) is 0 Å². The fraction of sp³-hybridized carbons (Fsp3) is 0.0417. The van der Waals surface area contributed by atoms with Gasteiger partial charge in [-0.2, -0.15) is 0 Å². The van der Waals surface area contributed by atoms with E-state index in [1.54, 1.807) is 0 Å². The molecule has 0 aliphatic heterocycles. The largest absolute Gasteiger partial charge is 0.314 e. The molecule has 0 fully saturated rings. The summed E-state index contributed by atoms with van der Waals surface area (Å²) in [5.41, 5.74) is 12.1. The number of hydrogen-bond donors (Lipinski definition) is 0. The van der Waals surface area contributed by atoms with Gasteiger partial charge in [-0.3, -0.25) is 0 Å². The lowest BCUT2D eigenvalue weighted by molar-refractivity contribution is 0.643. The summed E-state index contributed by atoms with van der Waals surface area (Å²) in [4.78, 5) is 4.79. The molecular weight excluding hydrogens is 605 g/mol. The van der Waals surface area contributed by atoms with Crippen LogP contribution >= 0.6 is 0 Å². The van der Waals surface area contributed by atoms with E-state index >= 15 is 0 Å². The number of rotatable bonds is 7. The number of hydrogen-bond acceptors (Lipinski definition) is 2. The quantitative estimate of drug-likeness (QED) is 0.171. The molecule has 9 rings (SSSR count). The number of para-hydroxylation sites is 2. The number of fused-ring (bicyclic) bond motifs is 4. The van der Waals surface area contributed by atoms with Crippen molar-refractivity contribution in [1.29, 1.82) is 0 Å². The Hall–Kier alpha value is -6.38. The van der Waals surface area contributed by atoms with Crippen molar-refractivity contribution in [2.24, 2.45) is 5.92 Å². The van der Waals surface area contributed by atoms with Crippen LogP contribution in [0.15, 0.2) is 206 Å². The van der Waals surface area contributed by atoms with Crippen LogP contribution in [-0.2, 0) is 0 Å². The smallest absolute Gasteiger partial charge is 0.0540 e. The zero-order chi connectivity index (χ0) is 33.3. The van der Waals surface area contributed by atoms with Crippen LogP contribution in [0.3, 0.4) is 0 Å². The van der Waals surface area contributed by atoms with Crippen molar-refractivity contribution in [3.05, 3.63) is 217 Å². The first-order chi connectivity index (χ1) is 24.8. The molecule has 0 aromatic heterocycles. The fourth-order valence-corrected chi connectivity index (χ4v) is 7.64. The summed E-state index contributed by atoms with van der Waals surface area (Å²) in [6.07, 6.45) is 11.5. The number of nitrogens with zero attached hydrogens (tertiary/aromatic N) is 2. The van der Waals surface area contributed by atoms with E-state index in [9.17, 15) is 0 Å². The van der Waals surface area contributed by atoms with Gasteiger partial charge in [-0.15, -0.1) is 0 Å². The molecule has 7 aromatic rings. The summed E-state index contributed by atoms with van der Waals surface area (Å²) in [5, 5.41) is 2.45. The summed E-state index contributed by atoms with van der Waals surface area (Å²) in [7, 11) is 0. The van der Waals surface area contributed by atoms with Crippen molar-refractivity contribution in [3.63, 3.8) is 0 Å². The standard InChI is InChI=1S/C48H36N2/c1-3-17-39(18-4-1)49(47-25-13-16-37-14-7-10-22-44(37)47)41-30-26-35(27-31-41)36-28-32-42(33-29-36)50(40-19-5-2-6-20-40)48-34-38-15-8-9-21-43(38)45-23-11-12-24-46(45)48/h1-34,45-46H. The first-order valence-electron chi connectivity index (χ1n) is 17.4. The minimum absolute atomic E-state index is 0.247. The Kier molecular flexibility index (Phi) is 7.68. The second kappa shape index (κ2) is 12.9. The average Bonchev–Trinajstić information content (AvgIpc) is 3.20. The minimum Gasteiger partial charge on any atom is -0.314 e. The number of allylic oxidation sites excluding steroid dienone is 4. The highest BCUT2D eigenvalue weighted by molar-refractivity contribution is 5.99. The predicted octanol–water partition coefficient (Wildman–Crippen LogP) is 13.0. The van der Waals surface area contributed by atoms with Gasteiger partial charge in [0.1, 0.15) is 0 Å². The van der Waals surface area contributed by atoms with E-state index in [0.717, 1.165) is 28.4 Å². The van der Waals surface area contributed by atoms with Gasteiger partial charge in [0.2, 0.25) is 0 Å². The molecule has 2 heteroatoms. The fourth-order valence-electron chi connectivity index (χ4n) is 7.64. The third-order valence-corrected chi connectivity index (χ3v) is 10.0. The summed E-state index contributed by atoms with van der Waals surface area (Å²) in [6.45, 7) is 0. The lowest BCUT2D eigenvalue weighted by atomic mass is 9.74. The van der Waals surface area contributed by atoms with Gasteiger partial charge in [-0.05, 0) is 88.3 Å². The van der Waals surface area contributed by atoms with Gasteiger partial charge in [0.05, 0.1) is 5.69 Å². The van der Waals surface area contributed by atoms with Gasteiger partial charge in [0, 0.05) is 45.7 Å². The van der Waals surface area contributed by atoms with Gasteiger partial charge in [-0.1, -0.05) is 146 Å². The third-order valence-electron chi connectivity index (χ3n) is 10.0. The van der Waals surface area contributed by atoms with E-state index in [2.05, 4.69) is 216 Å². The van der Waals surface area contributed by atoms with E-state index in [-0.39, 0.29) is 5.92 Å². The molecule has 0 radical (unpaired) electrons. The van der Waals surface area contributed by atoms with Crippen LogP contribution in [0.25, 0.3) is 28.0 Å². The van der Waals surface area contributed by atoms with E-state index in [1.165, 1.54) is 38.7 Å². The molecule has 0 saturated carbocycles. The Balaban J connectivity index is 1.08. The van der Waals surface area contributed by atoms with Crippen molar-refractivity contribution in [3.8, 4) is 11.1 Å². The molecule has 0 N–H and O–H groups in total. The molecule has 2 unspecified atom stereocenters. The lowest BCUT2D eigenvalue weighted by Crippen LogP contribution is -2.28. The molecule has 0 amide bonds. The molecule has 2 atom stereocenters. The van der Waals surface area contributed by atoms with E-state index in [0.29, 0.717) is 5.92 Å². The Labute approximate surface area is 294 Å². The Morgan fingerprint density at radius 1 is 0.380 bits per heavy atom. The second-order valence-electron chi connectivity index (χ2n) is 13.0. The normalized spacial score (nSPS) is 16.0. The minimum atomic E-state index is 0.247. The molecule has 2 nitrogen and oxygen atoms in total.